The van der Waals surface area contributed by atoms with E-state index in [1.54, 1.807) is 19.1 Å². The van der Waals surface area contributed by atoms with Gasteiger partial charge in [0, 0.05) is 38.4 Å². The molecule has 0 unspecified atom stereocenters. The third-order valence-electron chi connectivity index (χ3n) is 3.44. The highest BCUT2D eigenvalue weighted by Crippen LogP contribution is 2.14. The third-order valence-corrected chi connectivity index (χ3v) is 3.66. The number of hydrogen-bond acceptors (Lipinski definition) is 4. The number of aliphatic hydroxyl groups is 1. The van der Waals surface area contributed by atoms with Gasteiger partial charge in [0.1, 0.15) is 5.69 Å². The second-order valence-electron chi connectivity index (χ2n) is 5.32. The Kier molecular flexibility index (Phi) is 4.96. The summed E-state index contributed by atoms with van der Waals surface area (Å²) < 4.78 is 0. The third kappa shape index (κ3) is 3.69. The van der Waals surface area contributed by atoms with Crippen molar-refractivity contribution in [1.82, 2.24) is 14.8 Å². The summed E-state index contributed by atoms with van der Waals surface area (Å²) in [5, 5.41) is 9.95. The topological polar surface area (TPSA) is 56.7 Å². The zero-order valence-electron chi connectivity index (χ0n) is 11.8. The van der Waals surface area contributed by atoms with Gasteiger partial charge in [0.25, 0.3) is 5.91 Å². The molecule has 0 aliphatic carbocycles. The lowest BCUT2D eigenvalue weighted by atomic mass is 10.1. The van der Waals surface area contributed by atoms with E-state index in [4.69, 9.17) is 11.6 Å². The molecule has 1 aromatic heterocycles. The first kappa shape index (κ1) is 15.2. The van der Waals surface area contributed by atoms with Crippen molar-refractivity contribution in [2.45, 2.75) is 26.0 Å². The van der Waals surface area contributed by atoms with Gasteiger partial charge < -0.3 is 10.0 Å². The molecule has 6 heteroatoms. The Hall–Kier alpha value is -1.17. The molecule has 5 nitrogen and oxygen atoms in total. The first-order chi connectivity index (χ1) is 9.47. The van der Waals surface area contributed by atoms with Crippen molar-refractivity contribution >= 4 is 17.5 Å². The minimum atomic E-state index is -0.345. The molecule has 0 aromatic carbocycles. The van der Waals surface area contributed by atoms with E-state index in [2.05, 4.69) is 9.88 Å². The lowest BCUT2D eigenvalue weighted by molar-refractivity contribution is 0.0378. The van der Waals surface area contributed by atoms with E-state index in [0.29, 0.717) is 23.8 Å². The summed E-state index contributed by atoms with van der Waals surface area (Å²) >= 11 is 5.78. The smallest absolute Gasteiger partial charge is 0.272 e. The average molecular weight is 298 g/mol. The van der Waals surface area contributed by atoms with Crippen molar-refractivity contribution in [3.63, 3.8) is 0 Å². The van der Waals surface area contributed by atoms with Crippen molar-refractivity contribution in [3.8, 4) is 0 Å². The van der Waals surface area contributed by atoms with Gasteiger partial charge in [-0.15, -0.1) is 0 Å². The predicted molar refractivity (Wildman–Crippen MR) is 77.9 cm³/mol. The summed E-state index contributed by atoms with van der Waals surface area (Å²) in [6, 6.07) is 3.43. The number of amides is 1. The molecule has 1 amide bonds. The van der Waals surface area contributed by atoms with E-state index < -0.39 is 0 Å². The molecule has 2 heterocycles. The summed E-state index contributed by atoms with van der Waals surface area (Å²) in [6.45, 7) is 6.63. The molecule has 0 saturated carbocycles. The standard InChI is InChI=1S/C14H20ClN3O2/c1-10-8-17(9-11(2)19)5-6-18(10)14(20)13-4-3-12(15)7-16-13/h3-4,7,10-11,19H,5-6,8-9H2,1-2H3/t10-,11+/m1/s1. The van der Waals surface area contributed by atoms with E-state index in [9.17, 15) is 9.90 Å². The molecule has 2 atom stereocenters. The molecule has 0 radical (unpaired) electrons. The van der Waals surface area contributed by atoms with Crippen molar-refractivity contribution in [2.24, 2.45) is 0 Å². The Labute approximate surface area is 124 Å². The van der Waals surface area contributed by atoms with Crippen LogP contribution >= 0.6 is 11.6 Å². The number of halogens is 1. The van der Waals surface area contributed by atoms with Crippen LogP contribution in [-0.4, -0.2) is 64.1 Å². The highest BCUT2D eigenvalue weighted by atomic mass is 35.5. The molecular weight excluding hydrogens is 278 g/mol. The first-order valence-electron chi connectivity index (χ1n) is 6.80. The molecule has 1 aliphatic heterocycles. The normalized spacial score (nSPS) is 21.8. The molecule has 1 saturated heterocycles. The highest BCUT2D eigenvalue weighted by molar-refractivity contribution is 6.30. The Balaban J connectivity index is 2.00. The number of carbonyl (C=O) groups is 1. The quantitative estimate of drug-likeness (QED) is 0.913. The number of carbonyl (C=O) groups excluding carboxylic acids is 1. The molecule has 0 bridgehead atoms. The lowest BCUT2D eigenvalue weighted by Gasteiger charge is -2.40. The molecule has 1 aliphatic rings. The van der Waals surface area contributed by atoms with Crippen molar-refractivity contribution in [2.75, 3.05) is 26.2 Å². The van der Waals surface area contributed by atoms with Crippen molar-refractivity contribution in [3.05, 3.63) is 29.0 Å². The van der Waals surface area contributed by atoms with Crippen LogP contribution in [0.15, 0.2) is 18.3 Å². The maximum absolute atomic E-state index is 12.4. The molecule has 2 rings (SSSR count). The zero-order valence-corrected chi connectivity index (χ0v) is 12.5. The number of nitrogens with zero attached hydrogens (tertiary/aromatic N) is 3. The van der Waals surface area contributed by atoms with Gasteiger partial charge in [0.15, 0.2) is 0 Å². The van der Waals surface area contributed by atoms with Gasteiger partial charge in [-0.2, -0.15) is 0 Å². The van der Waals surface area contributed by atoms with E-state index >= 15 is 0 Å². The first-order valence-corrected chi connectivity index (χ1v) is 7.18. The summed E-state index contributed by atoms with van der Waals surface area (Å²) in [6.07, 6.45) is 1.14. The zero-order chi connectivity index (χ0) is 14.7. The van der Waals surface area contributed by atoms with Crippen LogP contribution in [0.1, 0.15) is 24.3 Å². The van der Waals surface area contributed by atoms with E-state index in [-0.39, 0.29) is 18.1 Å². The van der Waals surface area contributed by atoms with Crippen molar-refractivity contribution in [1.29, 1.82) is 0 Å². The largest absolute Gasteiger partial charge is 0.392 e. The van der Waals surface area contributed by atoms with Crippen LogP contribution in [-0.2, 0) is 0 Å². The second-order valence-corrected chi connectivity index (χ2v) is 5.75. The number of piperazine rings is 1. The molecule has 1 aromatic rings. The number of pyridine rings is 1. The number of aliphatic hydroxyl groups excluding tert-OH is 1. The summed E-state index contributed by atoms with van der Waals surface area (Å²) in [5.74, 6) is -0.0640. The van der Waals surface area contributed by atoms with Crippen LogP contribution in [0.2, 0.25) is 5.02 Å². The minimum Gasteiger partial charge on any atom is -0.392 e. The van der Waals surface area contributed by atoms with Gasteiger partial charge in [-0.25, -0.2) is 4.98 Å². The van der Waals surface area contributed by atoms with Crippen LogP contribution in [0.4, 0.5) is 0 Å². The number of hydrogen-bond donors (Lipinski definition) is 1. The SMILES string of the molecule is C[C@H](O)CN1CCN(C(=O)c2ccc(Cl)cn2)[C@H](C)C1. The fourth-order valence-corrected chi connectivity index (χ4v) is 2.64. The van der Waals surface area contributed by atoms with Gasteiger partial charge in [0.2, 0.25) is 0 Å². The molecule has 110 valence electrons. The van der Waals surface area contributed by atoms with E-state index in [0.717, 1.165) is 13.1 Å². The van der Waals surface area contributed by atoms with E-state index in [1.165, 1.54) is 6.20 Å². The molecule has 20 heavy (non-hydrogen) atoms. The van der Waals surface area contributed by atoms with Crippen molar-refractivity contribution < 1.29 is 9.90 Å². The molecule has 1 fully saturated rings. The van der Waals surface area contributed by atoms with Gasteiger partial charge in [-0.05, 0) is 26.0 Å². The minimum absolute atomic E-state index is 0.0640. The second kappa shape index (κ2) is 6.52. The number of β-amino-alcohol motifs (C(OH)–C–C–N with tert-alkyl or cyclic N) is 1. The fraction of sp³-hybridized carbons (Fsp3) is 0.571. The highest BCUT2D eigenvalue weighted by Gasteiger charge is 2.28. The molecule has 1 N–H and O–H groups in total. The monoisotopic (exact) mass is 297 g/mol. The average Bonchev–Trinajstić information content (AvgIpc) is 2.38. The van der Waals surface area contributed by atoms with Crippen LogP contribution in [0.5, 0.6) is 0 Å². The summed E-state index contributed by atoms with van der Waals surface area (Å²) in [5.41, 5.74) is 0.422. The maximum atomic E-state index is 12.4. The van der Waals surface area contributed by atoms with Crippen LogP contribution in [0, 0.1) is 0 Å². The number of rotatable bonds is 3. The van der Waals surface area contributed by atoms with Gasteiger partial charge >= 0.3 is 0 Å². The van der Waals surface area contributed by atoms with E-state index in [1.807, 2.05) is 11.8 Å². The molecule has 0 spiro atoms. The Morgan fingerprint density at radius 1 is 1.55 bits per heavy atom. The van der Waals surface area contributed by atoms with Gasteiger partial charge in [-0.3, -0.25) is 9.69 Å². The Morgan fingerprint density at radius 3 is 2.85 bits per heavy atom. The summed E-state index contributed by atoms with van der Waals surface area (Å²) in [7, 11) is 0. The fourth-order valence-electron chi connectivity index (χ4n) is 2.52. The predicted octanol–water partition coefficient (Wildman–Crippen LogP) is 1.26. The van der Waals surface area contributed by atoms with Crippen LogP contribution in [0.25, 0.3) is 0 Å². The molecular formula is C14H20ClN3O2. The number of aromatic nitrogens is 1. The maximum Gasteiger partial charge on any atom is 0.272 e. The van der Waals surface area contributed by atoms with Crippen LogP contribution in [0.3, 0.4) is 0 Å². The van der Waals surface area contributed by atoms with Gasteiger partial charge in [-0.1, -0.05) is 11.6 Å². The lowest BCUT2D eigenvalue weighted by Crippen LogP contribution is -2.55. The van der Waals surface area contributed by atoms with Gasteiger partial charge in [0.05, 0.1) is 11.1 Å². The Bertz CT molecular complexity index is 464. The summed E-state index contributed by atoms with van der Waals surface area (Å²) in [4.78, 5) is 20.5. The van der Waals surface area contributed by atoms with Crippen LogP contribution < -0.4 is 0 Å². The Morgan fingerprint density at radius 2 is 2.30 bits per heavy atom.